The Bertz CT molecular complexity index is 341. The maximum absolute atomic E-state index is 8.70. The van der Waals surface area contributed by atoms with E-state index in [-0.39, 0.29) is 0 Å². The molecule has 0 bridgehead atoms. The minimum absolute atomic E-state index is 0.377. The van der Waals surface area contributed by atoms with Crippen LogP contribution in [0.2, 0.25) is 0 Å². The summed E-state index contributed by atoms with van der Waals surface area (Å²) >= 11 is 0. The quantitative estimate of drug-likeness (QED) is 0.622. The second kappa shape index (κ2) is 3.20. The second-order valence-electron chi connectivity index (χ2n) is 2.45. The predicted molar refractivity (Wildman–Crippen MR) is 43.2 cm³/mol. The van der Waals surface area contributed by atoms with Gasteiger partial charge in [-0.3, -0.25) is 4.98 Å². The molecule has 0 aromatic carbocycles. The summed E-state index contributed by atoms with van der Waals surface area (Å²) in [7, 11) is 0. The number of aromatic nitrogens is 1. The van der Waals surface area contributed by atoms with E-state index in [2.05, 4.69) is 9.82 Å². The summed E-state index contributed by atoms with van der Waals surface area (Å²) in [6, 6.07) is 3.60. The number of hydrogen-bond acceptors (Lipinski definition) is 4. The third-order valence-corrected chi connectivity index (χ3v) is 1.53. The largest absolute Gasteiger partial charge is 0.410 e. The zero-order chi connectivity index (χ0) is 9.14. The Morgan fingerprint density at radius 1 is 1.58 bits per heavy atom. The number of nitriles is 1. The van der Waals surface area contributed by atoms with Gasteiger partial charge in [0.2, 0.25) is 0 Å². The Morgan fingerprint density at radius 3 is 2.75 bits per heavy atom. The molecule has 0 aliphatic rings. The summed E-state index contributed by atoms with van der Waals surface area (Å²) in [4.78, 5) is 8.63. The number of pyridine rings is 1. The van der Waals surface area contributed by atoms with Gasteiger partial charge in [-0.1, -0.05) is 0 Å². The van der Waals surface area contributed by atoms with Crippen LogP contribution < -0.4 is 10.7 Å². The standard InChI is InChI=1S/C8H9N3O/c1-5-3-8(12-10)7(4-9)6(2)11-5/h3H,10H2,1-2H3. The molecule has 0 radical (unpaired) electrons. The molecule has 1 rings (SSSR count). The molecule has 0 fully saturated rings. The summed E-state index contributed by atoms with van der Waals surface area (Å²) in [6.07, 6.45) is 0. The predicted octanol–water partition coefficient (Wildman–Crippen LogP) is 0.823. The van der Waals surface area contributed by atoms with E-state index in [1.54, 1.807) is 13.0 Å². The smallest absolute Gasteiger partial charge is 0.168 e. The fourth-order valence-corrected chi connectivity index (χ4v) is 1.02. The van der Waals surface area contributed by atoms with Crippen LogP contribution in [-0.4, -0.2) is 4.98 Å². The summed E-state index contributed by atoms with van der Waals surface area (Å²) in [5, 5.41) is 8.70. The molecule has 1 heterocycles. The van der Waals surface area contributed by atoms with Crippen LogP contribution in [0.5, 0.6) is 5.75 Å². The lowest BCUT2D eigenvalue weighted by Crippen LogP contribution is -2.06. The van der Waals surface area contributed by atoms with Crippen molar-refractivity contribution in [3.05, 3.63) is 23.0 Å². The highest BCUT2D eigenvalue weighted by atomic mass is 16.6. The molecular formula is C8H9N3O. The average Bonchev–Trinajstić information content (AvgIpc) is 2.03. The van der Waals surface area contributed by atoms with E-state index in [0.717, 1.165) is 5.69 Å². The molecule has 2 N–H and O–H groups in total. The van der Waals surface area contributed by atoms with Crippen molar-refractivity contribution in [1.82, 2.24) is 4.98 Å². The van der Waals surface area contributed by atoms with E-state index in [4.69, 9.17) is 11.2 Å². The zero-order valence-electron chi connectivity index (χ0n) is 6.96. The number of rotatable bonds is 1. The first-order valence-corrected chi connectivity index (χ1v) is 3.44. The first-order valence-electron chi connectivity index (χ1n) is 3.44. The van der Waals surface area contributed by atoms with Crippen molar-refractivity contribution >= 4 is 0 Å². The van der Waals surface area contributed by atoms with E-state index >= 15 is 0 Å². The van der Waals surface area contributed by atoms with Crippen molar-refractivity contribution in [3.63, 3.8) is 0 Å². The van der Waals surface area contributed by atoms with Gasteiger partial charge in [0.25, 0.3) is 0 Å². The van der Waals surface area contributed by atoms with Crippen molar-refractivity contribution in [2.24, 2.45) is 5.90 Å². The molecule has 1 aromatic rings. The fourth-order valence-electron chi connectivity index (χ4n) is 1.02. The summed E-state index contributed by atoms with van der Waals surface area (Å²) in [5.74, 6) is 5.36. The maximum Gasteiger partial charge on any atom is 0.168 e. The molecule has 0 amide bonds. The topological polar surface area (TPSA) is 71.9 Å². The normalized spacial score (nSPS) is 9.17. The molecule has 4 nitrogen and oxygen atoms in total. The molecule has 0 aliphatic carbocycles. The number of aryl methyl sites for hydroxylation is 2. The highest BCUT2D eigenvalue weighted by Gasteiger charge is 2.07. The van der Waals surface area contributed by atoms with Gasteiger partial charge in [0.1, 0.15) is 11.6 Å². The molecular weight excluding hydrogens is 154 g/mol. The van der Waals surface area contributed by atoms with Crippen molar-refractivity contribution < 1.29 is 4.84 Å². The van der Waals surface area contributed by atoms with Crippen LogP contribution in [-0.2, 0) is 0 Å². The Labute approximate surface area is 70.5 Å². The third kappa shape index (κ3) is 1.36. The highest BCUT2D eigenvalue weighted by molar-refractivity contribution is 5.46. The van der Waals surface area contributed by atoms with Crippen LogP contribution in [0.4, 0.5) is 0 Å². The lowest BCUT2D eigenvalue weighted by Gasteiger charge is -2.04. The summed E-state index contributed by atoms with van der Waals surface area (Å²) in [6.45, 7) is 3.56. The summed E-state index contributed by atoms with van der Waals surface area (Å²) < 4.78 is 0. The highest BCUT2D eigenvalue weighted by Crippen LogP contribution is 2.19. The van der Waals surface area contributed by atoms with E-state index in [1.807, 2.05) is 13.0 Å². The van der Waals surface area contributed by atoms with Gasteiger partial charge in [-0.05, 0) is 13.8 Å². The Kier molecular flexibility index (Phi) is 2.26. The van der Waals surface area contributed by atoms with Crippen LogP contribution in [0.3, 0.4) is 0 Å². The number of hydrogen-bond donors (Lipinski definition) is 1. The molecule has 0 spiro atoms. The molecule has 12 heavy (non-hydrogen) atoms. The van der Waals surface area contributed by atoms with Crippen molar-refractivity contribution in [2.45, 2.75) is 13.8 Å². The fraction of sp³-hybridized carbons (Fsp3) is 0.250. The lowest BCUT2D eigenvalue weighted by atomic mass is 10.2. The molecule has 0 aliphatic heterocycles. The van der Waals surface area contributed by atoms with Gasteiger partial charge >= 0.3 is 0 Å². The first-order chi connectivity index (χ1) is 5.69. The molecule has 0 unspecified atom stereocenters. The monoisotopic (exact) mass is 163 g/mol. The van der Waals surface area contributed by atoms with Gasteiger partial charge < -0.3 is 4.84 Å². The minimum atomic E-state index is 0.377. The van der Waals surface area contributed by atoms with Gasteiger partial charge in [0.15, 0.2) is 5.75 Å². The molecule has 0 saturated carbocycles. The average molecular weight is 163 g/mol. The van der Waals surface area contributed by atoms with Crippen molar-refractivity contribution in [3.8, 4) is 11.8 Å². The molecule has 0 saturated heterocycles. The summed E-state index contributed by atoms with van der Waals surface area (Å²) in [5.41, 5.74) is 1.81. The van der Waals surface area contributed by atoms with E-state index in [1.165, 1.54) is 0 Å². The van der Waals surface area contributed by atoms with E-state index in [9.17, 15) is 0 Å². The van der Waals surface area contributed by atoms with Gasteiger partial charge in [0, 0.05) is 11.8 Å². The molecule has 4 heteroatoms. The van der Waals surface area contributed by atoms with Crippen LogP contribution in [0.25, 0.3) is 0 Å². The number of nitrogens with zero attached hydrogens (tertiary/aromatic N) is 2. The lowest BCUT2D eigenvalue weighted by molar-refractivity contribution is 0.332. The maximum atomic E-state index is 8.70. The van der Waals surface area contributed by atoms with E-state index in [0.29, 0.717) is 17.0 Å². The first kappa shape index (κ1) is 8.50. The van der Waals surface area contributed by atoms with Gasteiger partial charge in [-0.15, -0.1) is 0 Å². The van der Waals surface area contributed by atoms with Gasteiger partial charge in [-0.2, -0.15) is 11.2 Å². The Balaban J connectivity index is 3.36. The minimum Gasteiger partial charge on any atom is -0.410 e. The number of nitrogens with two attached hydrogens (primary N) is 1. The van der Waals surface area contributed by atoms with E-state index < -0.39 is 0 Å². The molecule has 1 aromatic heterocycles. The van der Waals surface area contributed by atoms with Crippen molar-refractivity contribution in [1.29, 1.82) is 5.26 Å². The molecule has 0 atom stereocenters. The van der Waals surface area contributed by atoms with Gasteiger partial charge in [0.05, 0.1) is 5.69 Å². The Morgan fingerprint density at radius 2 is 2.25 bits per heavy atom. The zero-order valence-corrected chi connectivity index (χ0v) is 6.96. The van der Waals surface area contributed by atoms with Crippen LogP contribution in [0, 0.1) is 25.2 Å². The van der Waals surface area contributed by atoms with Crippen LogP contribution in [0.15, 0.2) is 6.07 Å². The van der Waals surface area contributed by atoms with Gasteiger partial charge in [-0.25, -0.2) is 0 Å². The van der Waals surface area contributed by atoms with Crippen LogP contribution >= 0.6 is 0 Å². The molecule has 62 valence electrons. The SMILES string of the molecule is Cc1cc(ON)c(C#N)c(C)n1. The Hall–Kier alpha value is -1.60. The van der Waals surface area contributed by atoms with Crippen LogP contribution in [0.1, 0.15) is 17.0 Å². The van der Waals surface area contributed by atoms with Crippen molar-refractivity contribution in [2.75, 3.05) is 0 Å². The second-order valence-corrected chi connectivity index (χ2v) is 2.45. The third-order valence-electron chi connectivity index (χ3n) is 1.53.